The highest BCUT2D eigenvalue weighted by Gasteiger charge is 2.13. The van der Waals surface area contributed by atoms with Crippen LogP contribution >= 0.6 is 11.6 Å². The van der Waals surface area contributed by atoms with Gasteiger partial charge in [-0.2, -0.15) is 0 Å². The van der Waals surface area contributed by atoms with Gasteiger partial charge in [0.15, 0.2) is 0 Å². The molecule has 1 N–H and O–H groups in total. The summed E-state index contributed by atoms with van der Waals surface area (Å²) >= 11 is 6.11. The summed E-state index contributed by atoms with van der Waals surface area (Å²) in [4.78, 5) is 12.0. The molecule has 0 aromatic heterocycles. The number of benzene rings is 1. The molecule has 0 saturated carbocycles. The number of alkyl halides is 1. The fourth-order valence-corrected chi connectivity index (χ4v) is 1.65. The fraction of sp³-hybridized carbons (Fsp3) is 0.500. The SMILES string of the molecule is CCc1ccccc1C(=O)NCC(Cl)C(C)C. The third-order valence-electron chi connectivity index (χ3n) is 2.82. The first-order chi connectivity index (χ1) is 8.06. The van der Waals surface area contributed by atoms with Crippen molar-refractivity contribution < 1.29 is 4.79 Å². The Morgan fingerprint density at radius 1 is 1.35 bits per heavy atom. The predicted octanol–water partition coefficient (Wildman–Crippen LogP) is 3.24. The maximum Gasteiger partial charge on any atom is 0.251 e. The lowest BCUT2D eigenvalue weighted by Gasteiger charge is -2.15. The zero-order valence-corrected chi connectivity index (χ0v) is 11.4. The molecule has 1 aromatic rings. The highest BCUT2D eigenvalue weighted by Crippen LogP contribution is 2.11. The number of amides is 1. The first kappa shape index (κ1) is 14.0. The van der Waals surface area contributed by atoms with Gasteiger partial charge in [-0.1, -0.05) is 39.0 Å². The van der Waals surface area contributed by atoms with Gasteiger partial charge in [-0.15, -0.1) is 11.6 Å². The van der Waals surface area contributed by atoms with E-state index in [1.54, 1.807) is 0 Å². The Kier molecular flexibility index (Phi) is 5.49. The van der Waals surface area contributed by atoms with Crippen molar-refractivity contribution in [2.75, 3.05) is 6.54 Å². The topological polar surface area (TPSA) is 29.1 Å². The van der Waals surface area contributed by atoms with E-state index in [0.717, 1.165) is 17.5 Å². The summed E-state index contributed by atoms with van der Waals surface area (Å²) in [6.07, 6.45) is 0.859. The van der Waals surface area contributed by atoms with Gasteiger partial charge in [0.1, 0.15) is 0 Å². The first-order valence-electron chi connectivity index (χ1n) is 6.06. The van der Waals surface area contributed by atoms with Gasteiger partial charge in [0.25, 0.3) is 5.91 Å². The largest absolute Gasteiger partial charge is 0.351 e. The maximum atomic E-state index is 12.0. The van der Waals surface area contributed by atoms with Gasteiger partial charge < -0.3 is 5.32 Å². The standard InChI is InChI=1S/C14H20ClNO/c1-4-11-7-5-6-8-12(11)14(17)16-9-13(15)10(2)3/h5-8,10,13H,4,9H2,1-3H3,(H,16,17). The number of rotatable bonds is 5. The lowest BCUT2D eigenvalue weighted by atomic mass is 10.0. The Balaban J connectivity index is 2.64. The molecule has 0 aliphatic carbocycles. The molecule has 1 unspecified atom stereocenters. The predicted molar refractivity (Wildman–Crippen MR) is 72.6 cm³/mol. The van der Waals surface area contributed by atoms with E-state index in [-0.39, 0.29) is 11.3 Å². The molecule has 17 heavy (non-hydrogen) atoms. The van der Waals surface area contributed by atoms with Crippen molar-refractivity contribution in [3.63, 3.8) is 0 Å². The lowest BCUT2D eigenvalue weighted by Crippen LogP contribution is -2.32. The number of hydrogen-bond donors (Lipinski definition) is 1. The van der Waals surface area contributed by atoms with E-state index in [2.05, 4.69) is 5.32 Å². The molecule has 3 heteroatoms. The molecule has 0 aliphatic heterocycles. The Hall–Kier alpha value is -1.02. The van der Waals surface area contributed by atoms with Crippen LogP contribution in [0.25, 0.3) is 0 Å². The molecule has 1 rings (SSSR count). The molecule has 1 aromatic carbocycles. The van der Waals surface area contributed by atoms with Crippen LogP contribution in [0.4, 0.5) is 0 Å². The quantitative estimate of drug-likeness (QED) is 0.802. The van der Waals surface area contributed by atoms with E-state index in [4.69, 9.17) is 11.6 Å². The van der Waals surface area contributed by atoms with Gasteiger partial charge in [-0.3, -0.25) is 4.79 Å². The van der Waals surface area contributed by atoms with Gasteiger partial charge in [0.2, 0.25) is 0 Å². The molecule has 0 aliphatic rings. The monoisotopic (exact) mass is 253 g/mol. The molecular weight excluding hydrogens is 234 g/mol. The van der Waals surface area contributed by atoms with Crippen molar-refractivity contribution in [1.82, 2.24) is 5.32 Å². The summed E-state index contributed by atoms with van der Waals surface area (Å²) in [6.45, 7) is 6.65. The Bertz CT molecular complexity index is 376. The third-order valence-corrected chi connectivity index (χ3v) is 3.48. The summed E-state index contributed by atoms with van der Waals surface area (Å²) in [5.41, 5.74) is 1.82. The molecule has 0 heterocycles. The van der Waals surface area contributed by atoms with Crippen molar-refractivity contribution in [3.05, 3.63) is 35.4 Å². The van der Waals surface area contributed by atoms with Crippen molar-refractivity contribution in [3.8, 4) is 0 Å². The van der Waals surface area contributed by atoms with Crippen LogP contribution in [-0.4, -0.2) is 17.8 Å². The normalized spacial score (nSPS) is 12.5. The van der Waals surface area contributed by atoms with E-state index in [1.807, 2.05) is 45.0 Å². The van der Waals surface area contributed by atoms with Crippen LogP contribution in [0.3, 0.4) is 0 Å². The summed E-state index contributed by atoms with van der Waals surface area (Å²) < 4.78 is 0. The van der Waals surface area contributed by atoms with E-state index in [1.165, 1.54) is 0 Å². The van der Waals surface area contributed by atoms with Gasteiger partial charge in [-0.05, 0) is 24.0 Å². The van der Waals surface area contributed by atoms with Crippen LogP contribution in [0.5, 0.6) is 0 Å². The van der Waals surface area contributed by atoms with E-state index >= 15 is 0 Å². The van der Waals surface area contributed by atoms with E-state index < -0.39 is 0 Å². The molecule has 2 nitrogen and oxygen atoms in total. The van der Waals surface area contributed by atoms with Gasteiger partial charge in [-0.25, -0.2) is 0 Å². The number of hydrogen-bond acceptors (Lipinski definition) is 1. The molecular formula is C14H20ClNO. The average molecular weight is 254 g/mol. The lowest BCUT2D eigenvalue weighted by molar-refractivity contribution is 0.0951. The van der Waals surface area contributed by atoms with Crippen molar-refractivity contribution in [2.45, 2.75) is 32.6 Å². The minimum absolute atomic E-state index is 0.0206. The Labute approximate surface area is 108 Å². The van der Waals surface area contributed by atoms with E-state index in [9.17, 15) is 4.79 Å². The molecule has 1 amide bonds. The molecule has 0 bridgehead atoms. The van der Waals surface area contributed by atoms with Crippen LogP contribution in [0.1, 0.15) is 36.7 Å². The van der Waals surface area contributed by atoms with Gasteiger partial charge in [0, 0.05) is 12.1 Å². The van der Waals surface area contributed by atoms with Crippen LogP contribution in [0, 0.1) is 5.92 Å². The second-order valence-electron chi connectivity index (χ2n) is 4.48. The summed E-state index contributed by atoms with van der Waals surface area (Å²) in [5.74, 6) is 0.326. The van der Waals surface area contributed by atoms with Crippen LogP contribution in [0.2, 0.25) is 0 Å². The van der Waals surface area contributed by atoms with Gasteiger partial charge in [0.05, 0.1) is 5.38 Å². The number of carbonyl (C=O) groups excluding carboxylic acids is 1. The van der Waals surface area contributed by atoms with Crippen molar-refractivity contribution in [1.29, 1.82) is 0 Å². The highest BCUT2D eigenvalue weighted by atomic mass is 35.5. The summed E-state index contributed by atoms with van der Waals surface area (Å²) in [5, 5.41) is 2.86. The molecule has 94 valence electrons. The minimum atomic E-state index is -0.0336. The maximum absolute atomic E-state index is 12.0. The summed E-state index contributed by atoms with van der Waals surface area (Å²) in [7, 11) is 0. The van der Waals surface area contributed by atoms with Crippen LogP contribution < -0.4 is 5.32 Å². The molecule has 1 atom stereocenters. The minimum Gasteiger partial charge on any atom is -0.351 e. The fourth-order valence-electron chi connectivity index (χ4n) is 1.57. The smallest absolute Gasteiger partial charge is 0.251 e. The van der Waals surface area contributed by atoms with Crippen molar-refractivity contribution in [2.24, 2.45) is 5.92 Å². The molecule has 0 fully saturated rings. The third kappa shape index (κ3) is 4.04. The van der Waals surface area contributed by atoms with Crippen molar-refractivity contribution >= 4 is 17.5 Å². The number of nitrogens with one attached hydrogen (secondary N) is 1. The van der Waals surface area contributed by atoms with Gasteiger partial charge >= 0.3 is 0 Å². The molecule has 0 saturated heterocycles. The second-order valence-corrected chi connectivity index (χ2v) is 5.04. The highest BCUT2D eigenvalue weighted by molar-refractivity contribution is 6.21. The Morgan fingerprint density at radius 2 is 2.00 bits per heavy atom. The molecule has 0 radical (unpaired) electrons. The summed E-state index contributed by atoms with van der Waals surface area (Å²) in [6, 6.07) is 7.67. The average Bonchev–Trinajstić information content (AvgIpc) is 2.35. The zero-order valence-electron chi connectivity index (χ0n) is 10.7. The van der Waals surface area contributed by atoms with Crippen LogP contribution in [-0.2, 0) is 6.42 Å². The number of carbonyl (C=O) groups is 1. The Morgan fingerprint density at radius 3 is 2.59 bits per heavy atom. The molecule has 0 spiro atoms. The zero-order chi connectivity index (χ0) is 12.8. The number of aryl methyl sites for hydroxylation is 1. The number of halogens is 1. The second kappa shape index (κ2) is 6.65. The van der Waals surface area contributed by atoms with Crippen LogP contribution in [0.15, 0.2) is 24.3 Å². The first-order valence-corrected chi connectivity index (χ1v) is 6.50. The van der Waals surface area contributed by atoms with E-state index in [0.29, 0.717) is 12.5 Å².